The topological polar surface area (TPSA) is 95.9 Å². The lowest BCUT2D eigenvalue weighted by Gasteiger charge is -2.56. The van der Waals surface area contributed by atoms with Crippen molar-refractivity contribution >= 4 is 17.8 Å². The minimum atomic E-state index is -0.920. The highest BCUT2D eigenvalue weighted by atomic mass is 16.5. The molecule has 150 valence electrons. The summed E-state index contributed by atoms with van der Waals surface area (Å²) in [5.41, 5.74) is -0.357. The predicted octanol–water partition coefficient (Wildman–Crippen LogP) is 0.842. The average molecular weight is 378 g/mol. The van der Waals surface area contributed by atoms with Crippen LogP contribution in [0.2, 0.25) is 0 Å². The maximum Gasteiger partial charge on any atom is 0.329 e. The van der Waals surface area contributed by atoms with Crippen LogP contribution >= 0.6 is 0 Å². The highest BCUT2D eigenvalue weighted by Crippen LogP contribution is 2.60. The fraction of sp³-hybridized carbons (Fsp3) is 0.850. The second kappa shape index (κ2) is 6.76. The van der Waals surface area contributed by atoms with Gasteiger partial charge in [-0.3, -0.25) is 9.59 Å². The number of hydrogen-bond acceptors (Lipinski definition) is 5. The number of carbonyl (C=O) groups is 3. The van der Waals surface area contributed by atoms with Gasteiger partial charge < -0.3 is 20.1 Å². The first kappa shape index (κ1) is 18.7. The Balaban J connectivity index is 1.50. The van der Waals surface area contributed by atoms with Crippen molar-refractivity contribution in [1.29, 1.82) is 0 Å². The second-order valence-corrected chi connectivity index (χ2v) is 9.25. The molecule has 3 atom stereocenters. The van der Waals surface area contributed by atoms with Crippen molar-refractivity contribution < 1.29 is 24.2 Å². The van der Waals surface area contributed by atoms with Gasteiger partial charge in [-0.2, -0.15) is 0 Å². The van der Waals surface area contributed by atoms with E-state index in [1.165, 1.54) is 33.2 Å². The Morgan fingerprint density at radius 3 is 2.15 bits per heavy atom. The number of hydrogen-bond donors (Lipinski definition) is 2. The van der Waals surface area contributed by atoms with Crippen LogP contribution in [0.3, 0.4) is 0 Å². The SMILES string of the molecule is CNC(=O)[C@H](C)OC(=O)[C@@H]1C[C@@H](O)CN1C(=O)C12CC3CC(CC(C3)C1)C2. The summed E-state index contributed by atoms with van der Waals surface area (Å²) >= 11 is 0. The van der Waals surface area contributed by atoms with Crippen LogP contribution in [-0.4, -0.2) is 59.6 Å². The Bertz CT molecular complexity index is 613. The van der Waals surface area contributed by atoms with Crippen LogP contribution in [0.15, 0.2) is 0 Å². The number of aliphatic hydroxyl groups is 1. The first-order valence-corrected chi connectivity index (χ1v) is 10.2. The Labute approximate surface area is 159 Å². The molecule has 1 aliphatic heterocycles. The van der Waals surface area contributed by atoms with Crippen LogP contribution < -0.4 is 5.32 Å². The molecular weight excluding hydrogens is 348 g/mol. The summed E-state index contributed by atoms with van der Waals surface area (Å²) in [6.07, 6.45) is 5.01. The lowest BCUT2D eigenvalue weighted by Crippen LogP contribution is -2.56. The summed E-state index contributed by atoms with van der Waals surface area (Å²) in [6, 6.07) is -0.799. The number of aliphatic hydroxyl groups excluding tert-OH is 1. The van der Waals surface area contributed by atoms with Gasteiger partial charge in [-0.1, -0.05) is 0 Å². The third kappa shape index (κ3) is 3.24. The Morgan fingerprint density at radius 1 is 1.07 bits per heavy atom. The summed E-state index contributed by atoms with van der Waals surface area (Å²) in [6.45, 7) is 1.68. The fourth-order valence-electron chi connectivity index (χ4n) is 6.45. The third-order valence-electron chi connectivity index (χ3n) is 7.21. The molecule has 4 aliphatic carbocycles. The molecular formula is C20H30N2O5. The number of amides is 2. The summed E-state index contributed by atoms with van der Waals surface area (Å²) in [5, 5.41) is 12.6. The highest BCUT2D eigenvalue weighted by molar-refractivity contribution is 5.90. The molecule has 0 unspecified atom stereocenters. The van der Waals surface area contributed by atoms with E-state index in [4.69, 9.17) is 4.74 Å². The van der Waals surface area contributed by atoms with Gasteiger partial charge in [0.05, 0.1) is 11.5 Å². The number of β-amino-alcohol motifs (C(OH)–C–C–N with tert-alkyl or cyclic N) is 1. The van der Waals surface area contributed by atoms with Gasteiger partial charge in [0, 0.05) is 20.0 Å². The summed E-state index contributed by atoms with van der Waals surface area (Å²) in [5.74, 6) is 0.929. The van der Waals surface area contributed by atoms with Gasteiger partial charge in [-0.05, 0) is 63.2 Å². The molecule has 0 aromatic carbocycles. The highest BCUT2D eigenvalue weighted by Gasteiger charge is 2.57. The van der Waals surface area contributed by atoms with Gasteiger partial charge in [0.25, 0.3) is 5.91 Å². The van der Waals surface area contributed by atoms with Crippen LogP contribution in [0, 0.1) is 23.2 Å². The van der Waals surface area contributed by atoms with Crippen LogP contribution in [0.1, 0.15) is 51.9 Å². The van der Waals surface area contributed by atoms with Crippen LogP contribution in [0.5, 0.6) is 0 Å². The van der Waals surface area contributed by atoms with Crippen molar-refractivity contribution in [3.63, 3.8) is 0 Å². The van der Waals surface area contributed by atoms with E-state index in [2.05, 4.69) is 5.32 Å². The second-order valence-electron chi connectivity index (χ2n) is 9.25. The lowest BCUT2D eigenvalue weighted by atomic mass is 9.49. The molecule has 4 saturated carbocycles. The number of likely N-dealkylation sites (N-methyl/N-ethyl adjacent to an activating group) is 1. The van der Waals surface area contributed by atoms with Crippen molar-refractivity contribution in [3.8, 4) is 0 Å². The van der Waals surface area contributed by atoms with Crippen LogP contribution in [0.4, 0.5) is 0 Å². The van der Waals surface area contributed by atoms with Gasteiger partial charge in [0.2, 0.25) is 5.91 Å². The fourth-order valence-corrected chi connectivity index (χ4v) is 6.45. The minimum absolute atomic E-state index is 0.0210. The maximum absolute atomic E-state index is 13.6. The standard InChI is InChI=1S/C20H30N2O5/c1-11(17(24)21-2)27-18(25)16-6-15(23)10-22(16)19(26)20-7-12-3-13(8-20)5-14(4-12)9-20/h11-16,23H,3-10H2,1-2H3,(H,21,24)/t11-,12?,13?,14?,15+,16-,20?/m0/s1. The number of likely N-dealkylation sites (tertiary alicyclic amines) is 1. The molecule has 1 heterocycles. The van der Waals surface area contributed by atoms with E-state index in [9.17, 15) is 19.5 Å². The molecule has 0 aromatic rings. The zero-order valence-corrected chi connectivity index (χ0v) is 16.1. The first-order valence-electron chi connectivity index (χ1n) is 10.2. The molecule has 0 radical (unpaired) electrons. The number of esters is 1. The minimum Gasteiger partial charge on any atom is -0.451 e. The van der Waals surface area contributed by atoms with E-state index >= 15 is 0 Å². The van der Waals surface area contributed by atoms with Gasteiger partial charge in [-0.15, -0.1) is 0 Å². The van der Waals surface area contributed by atoms with Gasteiger partial charge in [0.15, 0.2) is 6.10 Å². The predicted molar refractivity (Wildman–Crippen MR) is 96.4 cm³/mol. The zero-order valence-electron chi connectivity index (χ0n) is 16.1. The maximum atomic E-state index is 13.6. The van der Waals surface area contributed by atoms with Crippen LogP contribution in [-0.2, 0) is 19.1 Å². The van der Waals surface area contributed by atoms with E-state index in [-0.39, 0.29) is 30.2 Å². The molecule has 5 rings (SSSR count). The number of rotatable bonds is 4. The molecule has 2 N–H and O–H groups in total. The van der Waals surface area contributed by atoms with Crippen molar-refractivity contribution in [2.24, 2.45) is 23.2 Å². The largest absolute Gasteiger partial charge is 0.451 e. The first-order chi connectivity index (χ1) is 12.8. The molecule has 4 bridgehead atoms. The van der Waals surface area contributed by atoms with E-state index in [1.807, 2.05) is 0 Å². The van der Waals surface area contributed by atoms with Gasteiger partial charge in [0.1, 0.15) is 6.04 Å². The number of carbonyl (C=O) groups excluding carboxylic acids is 3. The number of nitrogens with one attached hydrogen (secondary N) is 1. The lowest BCUT2D eigenvalue weighted by molar-refractivity contribution is -0.168. The molecule has 7 nitrogen and oxygen atoms in total. The number of nitrogens with zero attached hydrogens (tertiary/aromatic N) is 1. The van der Waals surface area contributed by atoms with Crippen molar-refractivity contribution in [1.82, 2.24) is 10.2 Å². The molecule has 27 heavy (non-hydrogen) atoms. The van der Waals surface area contributed by atoms with Crippen molar-refractivity contribution in [2.45, 2.75) is 70.1 Å². The van der Waals surface area contributed by atoms with E-state index in [0.717, 1.165) is 19.3 Å². The average Bonchev–Trinajstić information content (AvgIpc) is 3.00. The molecule has 1 saturated heterocycles. The smallest absolute Gasteiger partial charge is 0.329 e. The molecule has 7 heteroatoms. The summed E-state index contributed by atoms with van der Waals surface area (Å²) in [7, 11) is 1.48. The summed E-state index contributed by atoms with van der Waals surface area (Å²) in [4.78, 5) is 39.4. The Morgan fingerprint density at radius 2 is 1.63 bits per heavy atom. The quantitative estimate of drug-likeness (QED) is 0.707. The zero-order chi connectivity index (χ0) is 19.3. The molecule has 5 aliphatic rings. The molecule has 2 amide bonds. The molecule has 5 fully saturated rings. The van der Waals surface area contributed by atoms with Gasteiger partial charge in [-0.25, -0.2) is 4.79 Å². The van der Waals surface area contributed by atoms with Crippen LogP contribution in [0.25, 0.3) is 0 Å². The Hall–Kier alpha value is -1.63. The molecule has 0 aromatic heterocycles. The summed E-state index contributed by atoms with van der Waals surface area (Å²) < 4.78 is 5.28. The van der Waals surface area contributed by atoms with E-state index in [1.54, 1.807) is 4.90 Å². The molecule has 0 spiro atoms. The van der Waals surface area contributed by atoms with Gasteiger partial charge >= 0.3 is 5.97 Å². The monoisotopic (exact) mass is 378 g/mol. The van der Waals surface area contributed by atoms with Crippen molar-refractivity contribution in [3.05, 3.63) is 0 Å². The third-order valence-corrected chi connectivity index (χ3v) is 7.21. The normalized spacial score (nSPS) is 40.7. The number of ether oxygens (including phenoxy) is 1. The Kier molecular flexibility index (Phi) is 4.69. The van der Waals surface area contributed by atoms with Crippen molar-refractivity contribution in [2.75, 3.05) is 13.6 Å². The van der Waals surface area contributed by atoms with E-state index in [0.29, 0.717) is 17.8 Å². The van der Waals surface area contributed by atoms with E-state index < -0.39 is 24.2 Å².